The second-order valence-electron chi connectivity index (χ2n) is 8.91. The van der Waals surface area contributed by atoms with E-state index in [9.17, 15) is 9.59 Å². The fraction of sp³-hybridized carbons (Fsp3) is 0.875. The van der Waals surface area contributed by atoms with E-state index in [4.69, 9.17) is 0 Å². The highest BCUT2D eigenvalue weighted by Gasteiger charge is 3.04. The number of hydrogen-bond donors (Lipinski definition) is 1. The summed E-state index contributed by atoms with van der Waals surface area (Å²) in [5.41, 5.74) is -0.353. The molecule has 3 heteroatoms. The molecule has 3 nitrogen and oxygen atoms in total. The molecule has 0 aromatic carbocycles. The Morgan fingerprint density at radius 3 is 1.47 bits per heavy atom. The van der Waals surface area contributed by atoms with Gasteiger partial charge in [0.1, 0.15) is 0 Å². The summed E-state index contributed by atoms with van der Waals surface area (Å²) in [6, 6.07) is 0. The molecule has 0 aromatic heterocycles. The van der Waals surface area contributed by atoms with Crippen molar-refractivity contribution in [3.8, 4) is 0 Å². The zero-order valence-corrected chi connectivity index (χ0v) is 10.5. The lowest BCUT2D eigenvalue weighted by molar-refractivity contribution is -0.149. The SMILES string of the molecule is O=C1NC(=O)C23[C@@H]4C5C6[C@H]([C@@H]7C[C@@H]7[C@H]62)C13[C@@H]5[C@H]1C[C@H]14. The molecular weight excluding hydrogens is 238 g/mol. The van der Waals surface area contributed by atoms with E-state index in [0.717, 1.165) is 35.5 Å². The molecule has 1 heterocycles. The van der Waals surface area contributed by atoms with E-state index in [1.807, 2.05) is 0 Å². The van der Waals surface area contributed by atoms with Gasteiger partial charge in [-0.25, -0.2) is 0 Å². The molecule has 1 saturated heterocycles. The average Bonchev–Trinajstić information content (AvgIpc) is 3.11. The van der Waals surface area contributed by atoms with Gasteiger partial charge in [-0.05, 0) is 72.0 Å². The molecule has 2 amide bonds. The summed E-state index contributed by atoms with van der Waals surface area (Å²) in [6.07, 6.45) is 2.69. The van der Waals surface area contributed by atoms with Gasteiger partial charge in [0.05, 0.1) is 10.8 Å². The van der Waals surface area contributed by atoms with Crippen LogP contribution in [0.1, 0.15) is 12.8 Å². The van der Waals surface area contributed by atoms with Crippen LogP contribution in [0, 0.1) is 70.0 Å². The fourth-order valence-electron chi connectivity index (χ4n) is 10.1. The zero-order valence-electron chi connectivity index (χ0n) is 10.5. The van der Waals surface area contributed by atoms with Crippen molar-refractivity contribution < 1.29 is 9.59 Å². The predicted molar refractivity (Wildman–Crippen MR) is 62.1 cm³/mol. The number of carbonyl (C=O) groups is 2. The van der Waals surface area contributed by atoms with Crippen LogP contribution < -0.4 is 5.32 Å². The standard InChI is InChI=1S/C16H15NO2/c18-13-15-9-3-1-4(3)10-7(9)8-11(15)5-2-6(5)12(8)16(10,15)14(19)17-13/h3-12H,1-2H2,(H,17,18,19)/t3-,4+,5+,6-,7?,8?,9+,10-,11-,12+,15?,16?. The third-order valence-electron chi connectivity index (χ3n) is 9.50. The Labute approximate surface area is 110 Å². The quantitative estimate of drug-likeness (QED) is 0.644. The van der Waals surface area contributed by atoms with E-state index in [1.165, 1.54) is 12.8 Å². The Morgan fingerprint density at radius 2 is 1.11 bits per heavy atom. The van der Waals surface area contributed by atoms with E-state index in [0.29, 0.717) is 23.7 Å². The van der Waals surface area contributed by atoms with Gasteiger partial charge in [-0.1, -0.05) is 0 Å². The highest BCUT2D eigenvalue weighted by Crippen LogP contribution is 3.01. The van der Waals surface area contributed by atoms with Crippen molar-refractivity contribution in [2.24, 2.45) is 70.0 Å². The van der Waals surface area contributed by atoms with Crippen LogP contribution in [0.3, 0.4) is 0 Å². The molecule has 4 unspecified atom stereocenters. The maximum absolute atomic E-state index is 12.9. The summed E-state index contributed by atoms with van der Waals surface area (Å²) in [5.74, 6) is 7.80. The van der Waals surface area contributed by atoms with Gasteiger partial charge in [-0.15, -0.1) is 0 Å². The summed E-state index contributed by atoms with van der Waals surface area (Å²) in [4.78, 5) is 25.7. The molecule has 9 fully saturated rings. The third-order valence-corrected chi connectivity index (χ3v) is 9.50. The van der Waals surface area contributed by atoms with Gasteiger partial charge in [0.15, 0.2) is 0 Å². The second-order valence-corrected chi connectivity index (χ2v) is 8.91. The first kappa shape index (κ1) is 8.43. The number of nitrogens with one attached hydrogen (secondary N) is 1. The third kappa shape index (κ3) is 0.425. The molecule has 12 atom stereocenters. The minimum atomic E-state index is -0.177. The van der Waals surface area contributed by atoms with Gasteiger partial charge in [0.2, 0.25) is 11.8 Å². The molecule has 1 aliphatic heterocycles. The molecular formula is C16H15NO2. The Morgan fingerprint density at radius 1 is 0.737 bits per heavy atom. The van der Waals surface area contributed by atoms with Crippen molar-refractivity contribution in [1.29, 1.82) is 0 Å². The Kier molecular flexibility index (Phi) is 0.788. The summed E-state index contributed by atoms with van der Waals surface area (Å²) in [6.45, 7) is 0. The van der Waals surface area contributed by atoms with Gasteiger partial charge in [-0.2, -0.15) is 0 Å². The first-order chi connectivity index (χ1) is 9.25. The lowest BCUT2D eigenvalue weighted by Crippen LogP contribution is -2.54. The van der Waals surface area contributed by atoms with Crippen LogP contribution in [0.5, 0.6) is 0 Å². The summed E-state index contributed by atoms with van der Waals surface area (Å²) < 4.78 is 0. The lowest BCUT2D eigenvalue weighted by Gasteiger charge is -2.47. The number of carbonyl (C=O) groups excluding carboxylic acids is 2. The van der Waals surface area contributed by atoms with Crippen molar-refractivity contribution in [1.82, 2.24) is 5.32 Å². The molecule has 8 bridgehead atoms. The molecule has 0 aromatic rings. The number of rotatable bonds is 0. The number of fused-ring (bicyclic) bond motifs is 2. The lowest BCUT2D eigenvalue weighted by atomic mass is 9.51. The highest BCUT2D eigenvalue weighted by molar-refractivity contribution is 6.13. The van der Waals surface area contributed by atoms with Gasteiger partial charge < -0.3 is 0 Å². The molecule has 1 N–H and O–H groups in total. The van der Waals surface area contributed by atoms with Gasteiger partial charge in [0, 0.05) is 0 Å². The maximum atomic E-state index is 12.9. The highest BCUT2D eigenvalue weighted by atomic mass is 16.2. The van der Waals surface area contributed by atoms with Crippen molar-refractivity contribution in [3.05, 3.63) is 0 Å². The van der Waals surface area contributed by atoms with Gasteiger partial charge in [0.25, 0.3) is 0 Å². The van der Waals surface area contributed by atoms with Crippen LogP contribution in [0.4, 0.5) is 0 Å². The van der Waals surface area contributed by atoms with Gasteiger partial charge >= 0.3 is 0 Å². The summed E-state index contributed by atoms with van der Waals surface area (Å²) >= 11 is 0. The monoisotopic (exact) mass is 253 g/mol. The van der Waals surface area contributed by atoms with Crippen molar-refractivity contribution in [2.75, 3.05) is 0 Å². The molecule has 8 saturated carbocycles. The summed E-state index contributed by atoms with van der Waals surface area (Å²) in [5, 5.41) is 2.82. The van der Waals surface area contributed by atoms with Gasteiger partial charge in [-0.3, -0.25) is 14.9 Å². The first-order valence-electron chi connectivity index (χ1n) is 8.11. The van der Waals surface area contributed by atoms with Crippen LogP contribution in [-0.2, 0) is 9.59 Å². The minimum absolute atomic E-state index is 0.177. The molecule has 8 aliphatic carbocycles. The largest absolute Gasteiger partial charge is 0.295 e. The van der Waals surface area contributed by atoms with Crippen LogP contribution in [-0.4, -0.2) is 11.8 Å². The van der Waals surface area contributed by atoms with Crippen LogP contribution >= 0.6 is 0 Å². The van der Waals surface area contributed by atoms with Crippen LogP contribution in [0.15, 0.2) is 0 Å². The van der Waals surface area contributed by atoms with E-state index < -0.39 is 0 Å². The molecule has 19 heavy (non-hydrogen) atoms. The van der Waals surface area contributed by atoms with E-state index in [2.05, 4.69) is 5.32 Å². The summed E-state index contributed by atoms with van der Waals surface area (Å²) in [7, 11) is 0. The van der Waals surface area contributed by atoms with Crippen molar-refractivity contribution in [2.45, 2.75) is 12.8 Å². The predicted octanol–water partition coefficient (Wildman–Crippen LogP) is 0.653. The van der Waals surface area contributed by atoms with E-state index in [-0.39, 0.29) is 22.6 Å². The maximum Gasteiger partial charge on any atom is 0.234 e. The second kappa shape index (κ2) is 1.78. The van der Waals surface area contributed by atoms with Crippen LogP contribution in [0.2, 0.25) is 0 Å². The number of hydrogen-bond acceptors (Lipinski definition) is 2. The molecule has 2 spiro atoms. The Balaban J connectivity index is 1.60. The van der Waals surface area contributed by atoms with Crippen molar-refractivity contribution >= 4 is 11.8 Å². The Bertz CT molecular complexity index is 580. The first-order valence-corrected chi connectivity index (χ1v) is 8.11. The Hall–Kier alpha value is -0.860. The van der Waals surface area contributed by atoms with E-state index in [1.54, 1.807) is 0 Å². The normalized spacial score (nSPS) is 84.4. The molecule has 0 radical (unpaired) electrons. The van der Waals surface area contributed by atoms with Crippen LogP contribution in [0.25, 0.3) is 0 Å². The number of amides is 2. The van der Waals surface area contributed by atoms with E-state index >= 15 is 0 Å². The van der Waals surface area contributed by atoms with Crippen molar-refractivity contribution in [3.63, 3.8) is 0 Å². The minimum Gasteiger partial charge on any atom is -0.295 e. The smallest absolute Gasteiger partial charge is 0.234 e. The molecule has 96 valence electrons. The molecule has 9 rings (SSSR count). The zero-order chi connectivity index (χ0) is 12.0. The number of imide groups is 1. The average molecular weight is 253 g/mol. The fourth-order valence-corrected chi connectivity index (χ4v) is 10.1. The topological polar surface area (TPSA) is 46.2 Å². The molecule has 9 aliphatic rings.